The molecule has 9 atom stereocenters. The van der Waals surface area contributed by atoms with Crippen molar-refractivity contribution in [3.8, 4) is 11.6 Å². The Morgan fingerprint density at radius 2 is 1.84 bits per heavy atom. The molecule has 18 heteroatoms. The Morgan fingerprint density at radius 1 is 1.10 bits per heavy atom. The van der Waals surface area contributed by atoms with Crippen LogP contribution in [0.15, 0.2) is 30.9 Å². The summed E-state index contributed by atoms with van der Waals surface area (Å²) in [5, 5.41) is 5.50. The van der Waals surface area contributed by atoms with Gasteiger partial charge < -0.3 is 29.7 Å². The van der Waals surface area contributed by atoms with E-state index < -0.39 is 92.4 Å². The van der Waals surface area contributed by atoms with Gasteiger partial charge in [-0.05, 0) is 100 Å². The minimum atomic E-state index is -4.20. The van der Waals surface area contributed by atoms with E-state index in [9.17, 15) is 31.6 Å². The van der Waals surface area contributed by atoms with Crippen molar-refractivity contribution < 1.29 is 50.6 Å². The molecule has 1 aromatic heterocycles. The van der Waals surface area contributed by atoms with Gasteiger partial charge in [-0.3, -0.25) is 19.1 Å². The lowest BCUT2D eigenvalue weighted by molar-refractivity contribution is -0.143. The lowest BCUT2D eigenvalue weighted by Crippen LogP contribution is -2.61. The van der Waals surface area contributed by atoms with E-state index in [0.29, 0.717) is 54.1 Å². The van der Waals surface area contributed by atoms with Gasteiger partial charge in [0, 0.05) is 18.4 Å². The van der Waals surface area contributed by atoms with E-state index in [1.54, 1.807) is 46.9 Å². The number of methoxy groups -OCH3 is 1. The maximum atomic E-state index is 15.0. The highest BCUT2D eigenvalue weighted by molar-refractivity contribution is 7.91. The largest absolute Gasteiger partial charge is 0.497 e. The number of alkyl carbamates (subject to hydrolysis) is 1. The number of halogens is 2. The lowest BCUT2D eigenvalue weighted by atomic mass is 9.85. The molecule has 4 fully saturated rings. The zero-order valence-electron chi connectivity index (χ0n) is 37.1. The molecule has 7 rings (SSSR count). The number of nitrogens with one attached hydrogen (secondary N) is 3. The van der Waals surface area contributed by atoms with Crippen LogP contribution < -0.4 is 24.8 Å². The fraction of sp³-hybridized carbons (Fsp3) is 0.689. The average molecular weight is 901 g/mol. The predicted octanol–water partition coefficient (Wildman–Crippen LogP) is 5.99. The fourth-order valence-electron chi connectivity index (χ4n) is 9.74. The van der Waals surface area contributed by atoms with Crippen LogP contribution in [0.1, 0.15) is 111 Å². The zero-order chi connectivity index (χ0) is 45.6. The maximum absolute atomic E-state index is 15.0. The topological polar surface area (TPSA) is 195 Å². The number of aryl methyl sites for hydroxylation is 1. The standard InChI is InChI=1S/C45H62F2N6O9S/c1-8-12-26-19-27-13-10-9-11-14-31-39(49-32-22-29(60-7)15-16-30(32)48-31)61-34-24-53(40(55)37(43(3,4)5)50-42(57)62-33(27)20-26)36(25(34)2)38(54)51-45(23-28(45)21-35(46)47)41(56)52-63(58,59)44(6)17-18-44/h8,15-16,22,25-28,33-37H,1,9-14,17-21,23-24H2,2-7H3,(H,50,57)(H,51,54)(H,52,56)/t25-,26-,27-,28-,33-,34+,36+,37-,45-/m1/s1. The minimum Gasteiger partial charge on any atom is -0.497 e. The van der Waals surface area contributed by atoms with Crippen LogP contribution in [0, 0.1) is 29.1 Å². The summed E-state index contributed by atoms with van der Waals surface area (Å²) in [4.78, 5) is 68.7. The quantitative estimate of drug-likeness (QED) is 0.237. The summed E-state index contributed by atoms with van der Waals surface area (Å²) < 4.78 is 73.3. The molecule has 3 aliphatic carbocycles. The second-order valence-electron chi connectivity index (χ2n) is 19.8. The molecule has 2 bridgehead atoms. The summed E-state index contributed by atoms with van der Waals surface area (Å²) in [5.74, 6) is -3.30. The molecule has 5 aliphatic rings. The van der Waals surface area contributed by atoms with Gasteiger partial charge in [0.2, 0.25) is 34.1 Å². The number of rotatable bonds is 10. The molecule has 3 heterocycles. The highest BCUT2D eigenvalue weighted by Crippen LogP contribution is 2.49. The predicted molar refractivity (Wildman–Crippen MR) is 229 cm³/mol. The number of sulfonamides is 1. The number of benzene rings is 1. The van der Waals surface area contributed by atoms with Crippen LogP contribution in [0.4, 0.5) is 13.6 Å². The maximum Gasteiger partial charge on any atom is 0.408 e. The molecule has 2 aromatic rings. The smallest absolute Gasteiger partial charge is 0.408 e. The van der Waals surface area contributed by atoms with E-state index in [1.165, 1.54) is 11.8 Å². The summed E-state index contributed by atoms with van der Waals surface area (Å²) in [6, 6.07) is 2.76. The second kappa shape index (κ2) is 17.8. The van der Waals surface area contributed by atoms with E-state index in [4.69, 9.17) is 24.2 Å². The molecule has 4 amide bonds. The Morgan fingerprint density at radius 3 is 2.51 bits per heavy atom. The van der Waals surface area contributed by atoms with Crippen LogP contribution >= 0.6 is 0 Å². The summed E-state index contributed by atoms with van der Waals surface area (Å²) in [6.45, 7) is 12.2. The fourth-order valence-corrected chi connectivity index (χ4v) is 11.1. The molecule has 3 N–H and O–H groups in total. The number of carbonyl (C=O) groups excluding carboxylic acids is 4. The zero-order valence-corrected chi connectivity index (χ0v) is 37.9. The first-order valence-electron chi connectivity index (χ1n) is 22.3. The van der Waals surface area contributed by atoms with E-state index in [-0.39, 0.29) is 30.9 Å². The molecule has 2 aliphatic heterocycles. The van der Waals surface area contributed by atoms with Crippen molar-refractivity contribution in [1.82, 2.24) is 30.2 Å². The molecule has 0 radical (unpaired) electrons. The Hall–Kier alpha value is -4.61. The van der Waals surface area contributed by atoms with Crippen molar-refractivity contribution in [2.24, 2.45) is 29.1 Å². The number of aromatic nitrogens is 2. The number of hydrogen-bond donors (Lipinski definition) is 3. The number of allylic oxidation sites excluding steroid dienone is 1. The average Bonchev–Trinajstić information content (AvgIpc) is 4.05. The second-order valence-corrected chi connectivity index (χ2v) is 22.0. The number of carbonyl (C=O) groups is 4. The van der Waals surface area contributed by atoms with Crippen molar-refractivity contribution in [1.29, 1.82) is 0 Å². The van der Waals surface area contributed by atoms with Gasteiger partial charge >= 0.3 is 6.09 Å². The number of alkyl halides is 2. The van der Waals surface area contributed by atoms with E-state index in [2.05, 4.69) is 21.9 Å². The number of nitrogens with zero attached hydrogens (tertiary/aromatic N) is 3. The number of fused-ring (bicyclic) bond motifs is 5. The molecule has 0 spiro atoms. The summed E-state index contributed by atoms with van der Waals surface area (Å²) in [7, 11) is -2.66. The third-order valence-corrected chi connectivity index (χ3v) is 16.2. The highest BCUT2D eigenvalue weighted by Gasteiger charge is 2.65. The van der Waals surface area contributed by atoms with E-state index >= 15 is 4.79 Å². The first-order valence-corrected chi connectivity index (χ1v) is 23.7. The van der Waals surface area contributed by atoms with Crippen molar-refractivity contribution in [3.63, 3.8) is 0 Å². The molecule has 1 saturated heterocycles. The van der Waals surface area contributed by atoms with E-state index in [0.717, 1.165) is 38.5 Å². The third-order valence-electron chi connectivity index (χ3n) is 14.0. The first kappa shape index (κ1) is 46.4. The van der Waals surface area contributed by atoms with Crippen LogP contribution in [-0.4, -0.2) is 102 Å². The Balaban J connectivity index is 1.26. The van der Waals surface area contributed by atoms with Crippen molar-refractivity contribution in [2.45, 2.75) is 153 Å². The van der Waals surface area contributed by atoms with Crippen molar-refractivity contribution in [3.05, 3.63) is 36.5 Å². The number of hydrogen-bond acceptors (Lipinski definition) is 11. The van der Waals surface area contributed by atoms with E-state index in [1.807, 2.05) is 12.1 Å². The SMILES string of the molecule is C=CC[C@@H]1C[C@H]2CCCCCc3nc4ccc(OC)cc4nc3O[C@H]3CN(C(=O)[C@H](C(C)(C)C)NC(=O)O[C@@H]2C1)[C@H](C(=O)N[C@]1(C(=O)NS(=O)(=O)C2(C)CC2)C[C@H]1CC(F)F)[C@@H]3C. The lowest BCUT2D eigenvalue weighted by Gasteiger charge is -2.36. The summed E-state index contributed by atoms with van der Waals surface area (Å²) in [5.41, 5.74) is -1.17. The normalized spacial score (nSPS) is 31.0. The molecule has 1 aromatic carbocycles. The van der Waals surface area contributed by atoms with Gasteiger partial charge in [0.15, 0.2) is 0 Å². The first-order chi connectivity index (χ1) is 29.7. The van der Waals surface area contributed by atoms with Gasteiger partial charge in [0.1, 0.15) is 41.3 Å². The molecular formula is C45H62F2N6O9S. The number of ether oxygens (including phenoxy) is 3. The summed E-state index contributed by atoms with van der Waals surface area (Å²) in [6.07, 6.45) is 2.83. The number of amides is 4. The van der Waals surface area contributed by atoms with Gasteiger partial charge in [0.25, 0.3) is 5.91 Å². The molecule has 63 heavy (non-hydrogen) atoms. The summed E-state index contributed by atoms with van der Waals surface area (Å²) >= 11 is 0. The highest BCUT2D eigenvalue weighted by atomic mass is 32.2. The van der Waals surface area contributed by atoms with Gasteiger partial charge in [-0.25, -0.2) is 32.0 Å². The van der Waals surface area contributed by atoms with Crippen LogP contribution in [-0.2, 0) is 35.6 Å². The van der Waals surface area contributed by atoms with Crippen LogP contribution in [0.5, 0.6) is 11.6 Å². The minimum absolute atomic E-state index is 0.105. The monoisotopic (exact) mass is 900 g/mol. The van der Waals surface area contributed by atoms with Gasteiger partial charge in [-0.15, -0.1) is 6.58 Å². The van der Waals surface area contributed by atoms with Gasteiger partial charge in [0.05, 0.1) is 29.4 Å². The van der Waals surface area contributed by atoms with Crippen molar-refractivity contribution in [2.75, 3.05) is 13.7 Å². The molecule has 346 valence electrons. The molecule has 15 nitrogen and oxygen atoms in total. The van der Waals surface area contributed by atoms with Crippen LogP contribution in [0.25, 0.3) is 11.0 Å². The Bertz CT molecular complexity index is 2220. The third kappa shape index (κ3) is 9.75. The van der Waals surface area contributed by atoms with Gasteiger partial charge in [-0.2, -0.15) is 0 Å². The Labute approximate surface area is 368 Å². The molecule has 3 saturated carbocycles. The Kier molecular flexibility index (Phi) is 13.1. The molecular weight excluding hydrogens is 839 g/mol. The van der Waals surface area contributed by atoms with Crippen LogP contribution in [0.2, 0.25) is 0 Å². The van der Waals surface area contributed by atoms with Crippen LogP contribution in [0.3, 0.4) is 0 Å². The van der Waals surface area contributed by atoms with Crippen molar-refractivity contribution >= 4 is 44.9 Å². The van der Waals surface area contributed by atoms with Gasteiger partial charge in [-0.1, -0.05) is 46.6 Å². The molecule has 0 unspecified atom stereocenters.